The van der Waals surface area contributed by atoms with E-state index in [1.807, 2.05) is 31.2 Å². The van der Waals surface area contributed by atoms with Gasteiger partial charge in [-0.2, -0.15) is 0 Å². The second-order valence-corrected chi connectivity index (χ2v) is 10.4. The summed E-state index contributed by atoms with van der Waals surface area (Å²) in [6.07, 6.45) is 5.27. The number of Topliss-reactive ketones (excluding diaryl/α,β-unsaturated/α-hetero) is 3. The molecule has 0 spiro atoms. The van der Waals surface area contributed by atoms with Crippen LogP contribution in [0.2, 0.25) is 0 Å². The van der Waals surface area contributed by atoms with E-state index in [0.717, 1.165) is 41.5 Å². The van der Waals surface area contributed by atoms with Gasteiger partial charge in [0.15, 0.2) is 17.3 Å². The lowest BCUT2D eigenvalue weighted by Crippen LogP contribution is -2.13. The molecule has 2 aromatic rings. The molecule has 0 radical (unpaired) electrons. The summed E-state index contributed by atoms with van der Waals surface area (Å²) >= 11 is 17.6. The highest BCUT2D eigenvalue weighted by molar-refractivity contribution is 6.20. The summed E-state index contributed by atoms with van der Waals surface area (Å²) in [6, 6.07) is 9.50. The largest absolute Gasteiger partial charge is 0.294 e. The molecule has 1 unspecified atom stereocenters. The number of rotatable bonds is 14. The number of alkyl halides is 3. The molecule has 6 heteroatoms. The highest BCUT2D eigenvalue weighted by Gasteiger charge is 2.29. The van der Waals surface area contributed by atoms with Crippen molar-refractivity contribution in [1.82, 2.24) is 0 Å². The summed E-state index contributed by atoms with van der Waals surface area (Å²) in [5, 5.41) is -0.117. The molecule has 2 aromatic carbocycles. The molecule has 3 nitrogen and oxygen atoms in total. The van der Waals surface area contributed by atoms with Gasteiger partial charge in [-0.3, -0.25) is 14.4 Å². The SMILES string of the molecule is CC(Cl)CCC(=O)c1c(C(=O)CCCCCl)ccc2c1Cc1cc(C(=O)CCCCCl)ccc1-2. The molecule has 0 saturated heterocycles. The zero-order valence-electron chi connectivity index (χ0n) is 19.6. The quantitative estimate of drug-likeness (QED) is 0.122. The Kier molecular flexibility index (Phi) is 10.2. The summed E-state index contributed by atoms with van der Waals surface area (Å²) in [7, 11) is 0. The van der Waals surface area contributed by atoms with Crippen LogP contribution >= 0.6 is 34.8 Å². The topological polar surface area (TPSA) is 51.2 Å². The van der Waals surface area contributed by atoms with Crippen molar-refractivity contribution in [3.63, 3.8) is 0 Å². The van der Waals surface area contributed by atoms with Crippen LogP contribution in [-0.2, 0) is 6.42 Å². The summed E-state index contributed by atoms with van der Waals surface area (Å²) in [5.41, 5.74) is 5.59. The van der Waals surface area contributed by atoms with Crippen LogP contribution in [0, 0.1) is 0 Å². The Balaban J connectivity index is 1.94. The van der Waals surface area contributed by atoms with Crippen molar-refractivity contribution in [2.75, 3.05) is 11.8 Å². The van der Waals surface area contributed by atoms with Crippen LogP contribution in [0.1, 0.15) is 100 Å². The molecule has 34 heavy (non-hydrogen) atoms. The molecule has 3 rings (SSSR count). The maximum Gasteiger partial charge on any atom is 0.163 e. The van der Waals surface area contributed by atoms with E-state index in [1.54, 1.807) is 6.07 Å². The van der Waals surface area contributed by atoms with Gasteiger partial charge in [0.25, 0.3) is 0 Å². The molecular formula is C28H31Cl3O3. The van der Waals surface area contributed by atoms with Crippen molar-refractivity contribution in [3.8, 4) is 11.1 Å². The van der Waals surface area contributed by atoms with Gasteiger partial charge in [0.05, 0.1) is 0 Å². The molecule has 0 heterocycles. The van der Waals surface area contributed by atoms with E-state index >= 15 is 0 Å². The lowest BCUT2D eigenvalue weighted by atomic mass is 9.88. The van der Waals surface area contributed by atoms with Crippen molar-refractivity contribution in [3.05, 3.63) is 58.1 Å². The van der Waals surface area contributed by atoms with Crippen LogP contribution in [0.4, 0.5) is 0 Å². The van der Waals surface area contributed by atoms with Gasteiger partial charge in [-0.1, -0.05) is 24.3 Å². The van der Waals surface area contributed by atoms with Gasteiger partial charge in [-0.05, 0) is 73.8 Å². The van der Waals surface area contributed by atoms with Crippen LogP contribution in [0.15, 0.2) is 30.3 Å². The van der Waals surface area contributed by atoms with Crippen LogP contribution in [0.25, 0.3) is 11.1 Å². The molecule has 0 bridgehead atoms. The van der Waals surface area contributed by atoms with Gasteiger partial charge in [-0.15, -0.1) is 34.8 Å². The second kappa shape index (κ2) is 12.9. The molecule has 0 aliphatic heterocycles. The Morgan fingerprint density at radius 3 is 2.12 bits per heavy atom. The molecule has 1 aliphatic rings. The average molecular weight is 522 g/mol. The van der Waals surface area contributed by atoms with Crippen molar-refractivity contribution >= 4 is 52.2 Å². The first-order chi connectivity index (χ1) is 16.4. The van der Waals surface area contributed by atoms with Gasteiger partial charge in [0.1, 0.15) is 0 Å². The third kappa shape index (κ3) is 6.50. The average Bonchev–Trinajstić information content (AvgIpc) is 3.19. The first-order valence-corrected chi connectivity index (χ1v) is 13.5. The Morgan fingerprint density at radius 1 is 0.824 bits per heavy atom. The van der Waals surface area contributed by atoms with E-state index in [-0.39, 0.29) is 22.7 Å². The van der Waals surface area contributed by atoms with Crippen molar-refractivity contribution in [1.29, 1.82) is 0 Å². The van der Waals surface area contributed by atoms with Crippen LogP contribution in [-0.4, -0.2) is 34.5 Å². The van der Waals surface area contributed by atoms with E-state index in [9.17, 15) is 14.4 Å². The molecule has 0 fully saturated rings. The van der Waals surface area contributed by atoms with E-state index in [0.29, 0.717) is 67.0 Å². The molecular weight excluding hydrogens is 491 g/mol. The van der Waals surface area contributed by atoms with Crippen molar-refractivity contribution in [2.24, 2.45) is 0 Å². The maximum absolute atomic E-state index is 13.3. The lowest BCUT2D eigenvalue weighted by Gasteiger charge is -2.14. The number of hydrogen-bond donors (Lipinski definition) is 0. The predicted octanol–water partition coefficient (Wildman–Crippen LogP) is 8.03. The van der Waals surface area contributed by atoms with Gasteiger partial charge >= 0.3 is 0 Å². The highest BCUT2D eigenvalue weighted by Crippen LogP contribution is 2.41. The van der Waals surface area contributed by atoms with E-state index in [1.165, 1.54) is 0 Å². The highest BCUT2D eigenvalue weighted by atomic mass is 35.5. The monoisotopic (exact) mass is 520 g/mol. The van der Waals surface area contributed by atoms with Gasteiger partial charge in [0.2, 0.25) is 0 Å². The number of fused-ring (bicyclic) bond motifs is 3. The minimum absolute atomic E-state index is 0.0266. The number of ketones is 3. The van der Waals surface area contributed by atoms with Crippen LogP contribution in [0.5, 0.6) is 0 Å². The molecule has 0 N–H and O–H groups in total. The number of hydrogen-bond acceptors (Lipinski definition) is 3. The normalized spacial score (nSPS) is 12.8. The Bertz CT molecular complexity index is 1060. The Morgan fingerprint density at radius 2 is 1.47 bits per heavy atom. The Hall–Kier alpha value is -1.68. The molecule has 1 aliphatic carbocycles. The summed E-state index contributed by atoms with van der Waals surface area (Å²) < 4.78 is 0. The fourth-order valence-corrected chi connectivity index (χ4v) is 4.98. The smallest absolute Gasteiger partial charge is 0.163 e. The maximum atomic E-state index is 13.3. The number of benzene rings is 2. The van der Waals surface area contributed by atoms with E-state index in [4.69, 9.17) is 34.8 Å². The second-order valence-electron chi connectivity index (χ2n) is 8.94. The molecule has 182 valence electrons. The third-order valence-corrected chi connectivity index (χ3v) is 7.07. The number of carbonyl (C=O) groups excluding carboxylic acids is 3. The van der Waals surface area contributed by atoms with E-state index < -0.39 is 0 Å². The van der Waals surface area contributed by atoms with Crippen molar-refractivity contribution < 1.29 is 14.4 Å². The lowest BCUT2D eigenvalue weighted by molar-refractivity contribution is 0.0946. The summed E-state index contributed by atoms with van der Waals surface area (Å²) in [4.78, 5) is 39.0. The minimum atomic E-state index is -0.117. The van der Waals surface area contributed by atoms with Crippen LogP contribution in [0.3, 0.4) is 0 Å². The zero-order valence-corrected chi connectivity index (χ0v) is 21.9. The molecule has 0 aromatic heterocycles. The number of unbranched alkanes of at least 4 members (excludes halogenated alkanes) is 2. The predicted molar refractivity (Wildman–Crippen MR) is 141 cm³/mol. The first kappa shape index (κ1) is 26.9. The third-order valence-electron chi connectivity index (χ3n) is 6.32. The summed E-state index contributed by atoms with van der Waals surface area (Å²) in [5.74, 6) is 1.10. The van der Waals surface area contributed by atoms with E-state index in [2.05, 4.69) is 0 Å². The molecule has 0 amide bonds. The molecule has 1 atom stereocenters. The number of halogens is 3. The fourth-order valence-electron chi connectivity index (χ4n) is 4.50. The van der Waals surface area contributed by atoms with Gasteiger partial charge in [-0.25, -0.2) is 0 Å². The fraction of sp³-hybridized carbons (Fsp3) is 0.464. The van der Waals surface area contributed by atoms with Crippen LogP contribution < -0.4 is 0 Å². The zero-order chi connectivity index (χ0) is 24.7. The Labute approximate surface area is 217 Å². The van der Waals surface area contributed by atoms with Gasteiger partial charge < -0.3 is 0 Å². The molecule has 0 saturated carbocycles. The number of carbonyl (C=O) groups is 3. The standard InChI is InChI=1S/C28H31Cl3O3/c1-18(31)8-13-27(34)28-23(26(33)7-3-5-15-30)12-11-22-21-10-9-19(16-20(21)17-24(22)28)25(32)6-2-4-14-29/h9-12,16,18H,2-8,13-15,17H2,1H3. The summed E-state index contributed by atoms with van der Waals surface area (Å²) in [6.45, 7) is 1.87. The van der Waals surface area contributed by atoms with Gasteiger partial charge in [0, 0.05) is 53.1 Å². The minimum Gasteiger partial charge on any atom is -0.294 e. The first-order valence-electron chi connectivity index (χ1n) is 12.0. The van der Waals surface area contributed by atoms with Crippen molar-refractivity contribution in [2.45, 2.75) is 70.1 Å².